The Labute approximate surface area is 215 Å². The smallest absolute Gasteiger partial charge is 0.416 e. The van der Waals surface area contributed by atoms with Crippen LogP contribution in [0.5, 0.6) is 5.75 Å². The molecule has 2 unspecified atom stereocenters. The zero-order chi connectivity index (χ0) is 26.2. The summed E-state index contributed by atoms with van der Waals surface area (Å²) in [6.07, 6.45) is -4.17. The van der Waals surface area contributed by atoms with Gasteiger partial charge in [0, 0.05) is 38.9 Å². The maximum absolute atomic E-state index is 13.8. The molecule has 1 fully saturated rings. The van der Waals surface area contributed by atoms with E-state index in [4.69, 9.17) is 4.74 Å². The summed E-state index contributed by atoms with van der Waals surface area (Å²) in [6.45, 7) is 2.26. The Bertz CT molecular complexity index is 1260. The second kappa shape index (κ2) is 10.00. The van der Waals surface area contributed by atoms with Gasteiger partial charge < -0.3 is 19.4 Å². The number of anilines is 2. The molecule has 1 amide bonds. The van der Waals surface area contributed by atoms with Gasteiger partial charge in [0.1, 0.15) is 5.75 Å². The first-order chi connectivity index (χ1) is 17.8. The molecule has 0 bridgehead atoms. The van der Waals surface area contributed by atoms with Crippen molar-refractivity contribution in [3.05, 3.63) is 89.5 Å². The Morgan fingerprint density at radius 1 is 1.00 bits per heavy atom. The number of alkyl halides is 3. The van der Waals surface area contributed by atoms with Crippen LogP contribution in [-0.2, 0) is 23.9 Å². The number of para-hydroxylation sites is 2. The molecule has 2 atom stereocenters. The van der Waals surface area contributed by atoms with E-state index in [2.05, 4.69) is 9.80 Å². The molecule has 2 aliphatic heterocycles. The standard InChI is InChI=1S/C29H30F3N3O2/c1-33(18-20-8-4-3-5-9-20)28(36)23-17-21-16-22(29(30,31)32)12-13-24(21)35-15-14-34(19-26(23)35)25-10-6-7-11-27(25)37-2/h3-13,16,23,26H,14-15,17-19H2,1-2H3. The minimum atomic E-state index is -4.43. The number of rotatable bonds is 5. The van der Waals surface area contributed by atoms with Gasteiger partial charge in [0.05, 0.1) is 30.3 Å². The maximum atomic E-state index is 13.8. The van der Waals surface area contributed by atoms with Crippen molar-refractivity contribution >= 4 is 17.3 Å². The summed E-state index contributed by atoms with van der Waals surface area (Å²) in [5.41, 5.74) is 2.63. The van der Waals surface area contributed by atoms with Crippen molar-refractivity contribution in [3.63, 3.8) is 0 Å². The summed E-state index contributed by atoms with van der Waals surface area (Å²) in [5.74, 6) is 0.206. The lowest BCUT2D eigenvalue weighted by Gasteiger charge is -2.50. The van der Waals surface area contributed by atoms with Gasteiger partial charge in [0.15, 0.2) is 0 Å². The number of amides is 1. The van der Waals surface area contributed by atoms with Crippen molar-refractivity contribution in [3.8, 4) is 5.75 Å². The number of nitrogens with zero attached hydrogens (tertiary/aromatic N) is 3. The van der Waals surface area contributed by atoms with Crippen LogP contribution in [-0.4, -0.2) is 50.6 Å². The van der Waals surface area contributed by atoms with E-state index in [-0.39, 0.29) is 18.4 Å². The molecule has 0 aromatic heterocycles. The Morgan fingerprint density at radius 2 is 1.73 bits per heavy atom. The van der Waals surface area contributed by atoms with Crippen molar-refractivity contribution in [1.82, 2.24) is 4.90 Å². The normalized spacial score (nSPS) is 19.2. The molecule has 0 spiro atoms. The van der Waals surface area contributed by atoms with Crippen LogP contribution in [0.2, 0.25) is 0 Å². The fraction of sp³-hybridized carbons (Fsp3) is 0.345. The van der Waals surface area contributed by atoms with Crippen LogP contribution in [0.1, 0.15) is 16.7 Å². The number of hydrogen-bond donors (Lipinski definition) is 0. The van der Waals surface area contributed by atoms with Gasteiger partial charge in [-0.3, -0.25) is 4.79 Å². The second-order valence-corrected chi connectivity index (χ2v) is 9.71. The van der Waals surface area contributed by atoms with Crippen LogP contribution in [0.25, 0.3) is 0 Å². The number of carbonyl (C=O) groups is 1. The van der Waals surface area contributed by atoms with Gasteiger partial charge in [-0.2, -0.15) is 13.2 Å². The molecule has 5 nitrogen and oxygen atoms in total. The summed E-state index contributed by atoms with van der Waals surface area (Å²) < 4.78 is 46.1. The lowest BCUT2D eigenvalue weighted by atomic mass is 9.82. The summed E-state index contributed by atoms with van der Waals surface area (Å²) in [6, 6.07) is 21.2. The molecule has 8 heteroatoms. The molecule has 2 aliphatic rings. The third kappa shape index (κ3) is 4.97. The van der Waals surface area contributed by atoms with E-state index >= 15 is 0 Å². The highest BCUT2D eigenvalue weighted by Crippen LogP contribution is 2.41. The van der Waals surface area contributed by atoms with E-state index in [0.29, 0.717) is 31.7 Å². The molecule has 0 radical (unpaired) electrons. The topological polar surface area (TPSA) is 36.0 Å². The molecular formula is C29H30F3N3O2. The predicted molar refractivity (Wildman–Crippen MR) is 138 cm³/mol. The predicted octanol–water partition coefficient (Wildman–Crippen LogP) is 5.24. The number of halogens is 3. The number of fused-ring (bicyclic) bond motifs is 3. The van der Waals surface area contributed by atoms with E-state index in [9.17, 15) is 18.0 Å². The summed E-state index contributed by atoms with van der Waals surface area (Å²) in [5, 5.41) is 0. The minimum Gasteiger partial charge on any atom is -0.495 e. The number of hydrogen-bond acceptors (Lipinski definition) is 4. The lowest BCUT2D eigenvalue weighted by Crippen LogP contribution is -2.61. The third-order valence-electron chi connectivity index (χ3n) is 7.42. The van der Waals surface area contributed by atoms with Gasteiger partial charge in [-0.1, -0.05) is 42.5 Å². The van der Waals surface area contributed by atoms with E-state index in [0.717, 1.165) is 28.8 Å². The molecule has 1 saturated heterocycles. The molecular weight excluding hydrogens is 479 g/mol. The van der Waals surface area contributed by atoms with E-state index in [1.165, 1.54) is 6.07 Å². The maximum Gasteiger partial charge on any atom is 0.416 e. The fourth-order valence-electron chi connectivity index (χ4n) is 5.61. The van der Waals surface area contributed by atoms with Gasteiger partial charge in [0.2, 0.25) is 5.91 Å². The molecule has 0 saturated carbocycles. The van der Waals surface area contributed by atoms with Crippen LogP contribution in [0.4, 0.5) is 24.5 Å². The van der Waals surface area contributed by atoms with Crippen LogP contribution >= 0.6 is 0 Å². The largest absolute Gasteiger partial charge is 0.495 e. The molecule has 3 aromatic carbocycles. The van der Waals surface area contributed by atoms with Crippen molar-refractivity contribution in [2.45, 2.75) is 25.2 Å². The zero-order valence-corrected chi connectivity index (χ0v) is 20.9. The number of ether oxygens (including phenoxy) is 1. The summed E-state index contributed by atoms with van der Waals surface area (Å²) >= 11 is 0. The summed E-state index contributed by atoms with van der Waals surface area (Å²) in [7, 11) is 3.40. The van der Waals surface area contributed by atoms with Gasteiger partial charge >= 0.3 is 6.18 Å². The Morgan fingerprint density at radius 3 is 2.46 bits per heavy atom. The first-order valence-corrected chi connectivity index (χ1v) is 12.4. The van der Waals surface area contributed by atoms with E-state index in [1.54, 1.807) is 25.1 Å². The number of benzene rings is 3. The third-order valence-corrected chi connectivity index (χ3v) is 7.42. The van der Waals surface area contributed by atoms with Crippen molar-refractivity contribution in [1.29, 1.82) is 0 Å². The molecule has 5 rings (SSSR count). The fourth-order valence-corrected chi connectivity index (χ4v) is 5.61. The highest BCUT2D eigenvalue weighted by atomic mass is 19.4. The number of methoxy groups -OCH3 is 1. The zero-order valence-electron chi connectivity index (χ0n) is 20.9. The highest BCUT2D eigenvalue weighted by Gasteiger charge is 2.44. The van der Waals surface area contributed by atoms with Crippen molar-refractivity contribution < 1.29 is 22.7 Å². The second-order valence-electron chi connectivity index (χ2n) is 9.71. The van der Waals surface area contributed by atoms with Gasteiger partial charge in [-0.25, -0.2) is 0 Å². The Balaban J connectivity index is 1.49. The molecule has 0 aliphatic carbocycles. The van der Waals surface area contributed by atoms with Gasteiger partial charge in [-0.15, -0.1) is 0 Å². The van der Waals surface area contributed by atoms with Crippen LogP contribution in [0.3, 0.4) is 0 Å². The van der Waals surface area contributed by atoms with Gasteiger partial charge in [0.25, 0.3) is 0 Å². The first kappa shape index (κ1) is 25.0. The molecule has 194 valence electrons. The van der Waals surface area contributed by atoms with E-state index < -0.39 is 17.7 Å². The molecule has 0 N–H and O–H groups in total. The SMILES string of the molecule is COc1ccccc1N1CCN2c3ccc(C(F)(F)F)cc3CC(C(=O)N(C)Cc3ccccc3)C2C1. The van der Waals surface area contributed by atoms with Gasteiger partial charge in [-0.05, 0) is 47.9 Å². The minimum absolute atomic E-state index is 0.0659. The summed E-state index contributed by atoms with van der Waals surface area (Å²) in [4.78, 5) is 19.9. The molecule has 3 aromatic rings. The van der Waals surface area contributed by atoms with Crippen molar-refractivity contribution in [2.24, 2.45) is 5.92 Å². The monoisotopic (exact) mass is 509 g/mol. The number of piperazine rings is 1. The average Bonchev–Trinajstić information content (AvgIpc) is 2.91. The van der Waals surface area contributed by atoms with Crippen LogP contribution in [0, 0.1) is 5.92 Å². The van der Waals surface area contributed by atoms with E-state index in [1.807, 2.05) is 54.6 Å². The molecule has 37 heavy (non-hydrogen) atoms. The molecule has 2 heterocycles. The Kier molecular flexibility index (Phi) is 6.75. The Hall–Kier alpha value is -3.68. The quantitative estimate of drug-likeness (QED) is 0.471. The van der Waals surface area contributed by atoms with Crippen LogP contribution in [0.15, 0.2) is 72.8 Å². The lowest BCUT2D eigenvalue weighted by molar-refractivity contribution is -0.137. The first-order valence-electron chi connectivity index (χ1n) is 12.4. The van der Waals surface area contributed by atoms with Crippen LogP contribution < -0.4 is 14.5 Å². The average molecular weight is 510 g/mol. The van der Waals surface area contributed by atoms with Crippen molar-refractivity contribution in [2.75, 3.05) is 43.6 Å². The number of carbonyl (C=O) groups excluding carboxylic acids is 1. The highest BCUT2D eigenvalue weighted by molar-refractivity contribution is 5.82.